The van der Waals surface area contributed by atoms with E-state index in [-0.39, 0.29) is 5.75 Å². The third-order valence-electron chi connectivity index (χ3n) is 2.97. The molecule has 0 unspecified atom stereocenters. The number of aromatic carboxylic acids is 1. The molecule has 0 radical (unpaired) electrons. The first-order valence-electron chi connectivity index (χ1n) is 5.43. The first-order valence-corrected chi connectivity index (χ1v) is 5.43. The first-order chi connectivity index (χ1) is 8.09. The Balaban J connectivity index is 2.16. The SMILES string of the molecule is O=C(O)c1c(F)ccc(OCC2CCC2)c1F. The van der Waals surface area contributed by atoms with Crippen LogP contribution in [0, 0.1) is 17.6 Å². The van der Waals surface area contributed by atoms with Gasteiger partial charge in [0.05, 0.1) is 6.61 Å². The molecule has 1 aromatic rings. The summed E-state index contributed by atoms with van der Waals surface area (Å²) in [5.74, 6) is -3.67. The van der Waals surface area contributed by atoms with Gasteiger partial charge in [0.2, 0.25) is 0 Å². The predicted octanol–water partition coefficient (Wildman–Crippen LogP) is 2.84. The van der Waals surface area contributed by atoms with Gasteiger partial charge < -0.3 is 9.84 Å². The smallest absolute Gasteiger partial charge is 0.341 e. The molecule has 1 fully saturated rings. The average molecular weight is 242 g/mol. The van der Waals surface area contributed by atoms with E-state index in [1.165, 1.54) is 0 Å². The Bertz CT molecular complexity index is 442. The molecule has 0 heterocycles. The van der Waals surface area contributed by atoms with Crippen molar-refractivity contribution in [1.29, 1.82) is 0 Å². The second kappa shape index (κ2) is 4.69. The zero-order valence-electron chi connectivity index (χ0n) is 9.08. The minimum absolute atomic E-state index is 0.198. The summed E-state index contributed by atoms with van der Waals surface area (Å²) in [6.07, 6.45) is 3.21. The number of carbonyl (C=O) groups is 1. The number of rotatable bonds is 4. The molecule has 0 aromatic heterocycles. The summed E-state index contributed by atoms with van der Waals surface area (Å²) in [4.78, 5) is 10.7. The van der Waals surface area contributed by atoms with Gasteiger partial charge in [0.1, 0.15) is 11.4 Å². The van der Waals surface area contributed by atoms with E-state index in [0.29, 0.717) is 12.5 Å². The number of halogens is 2. The summed E-state index contributed by atoms with van der Waals surface area (Å²) in [5, 5.41) is 8.67. The molecular weight excluding hydrogens is 230 g/mol. The second-order valence-electron chi connectivity index (χ2n) is 4.15. The molecular formula is C12H12F2O3. The summed E-state index contributed by atoms with van der Waals surface area (Å²) in [7, 11) is 0. The van der Waals surface area contributed by atoms with Crippen LogP contribution in [-0.4, -0.2) is 17.7 Å². The molecule has 0 atom stereocenters. The van der Waals surface area contributed by atoms with Gasteiger partial charge in [-0.25, -0.2) is 13.6 Å². The Labute approximate surface area is 97.0 Å². The van der Waals surface area contributed by atoms with Gasteiger partial charge in [-0.05, 0) is 30.9 Å². The van der Waals surface area contributed by atoms with Crippen molar-refractivity contribution in [3.63, 3.8) is 0 Å². The summed E-state index contributed by atoms with van der Waals surface area (Å²) < 4.78 is 31.9. The number of hydrogen-bond donors (Lipinski definition) is 1. The van der Waals surface area contributed by atoms with Crippen LogP contribution in [0.5, 0.6) is 5.75 Å². The van der Waals surface area contributed by atoms with Gasteiger partial charge in [-0.1, -0.05) is 6.42 Å². The van der Waals surface area contributed by atoms with Crippen molar-refractivity contribution < 1.29 is 23.4 Å². The van der Waals surface area contributed by atoms with Crippen LogP contribution in [0.15, 0.2) is 12.1 Å². The summed E-state index contributed by atoms with van der Waals surface area (Å²) in [5.41, 5.74) is -0.962. The fourth-order valence-corrected chi connectivity index (χ4v) is 1.71. The average Bonchev–Trinajstić information content (AvgIpc) is 2.18. The number of ether oxygens (including phenoxy) is 1. The number of benzene rings is 1. The van der Waals surface area contributed by atoms with E-state index in [4.69, 9.17) is 9.84 Å². The molecule has 3 nitrogen and oxygen atoms in total. The van der Waals surface area contributed by atoms with Crippen LogP contribution in [-0.2, 0) is 0 Å². The normalized spacial score (nSPS) is 15.4. The quantitative estimate of drug-likeness (QED) is 0.883. The highest BCUT2D eigenvalue weighted by Crippen LogP contribution is 2.29. The number of carboxylic acids is 1. The standard InChI is InChI=1S/C12H12F2O3/c13-8-4-5-9(11(14)10(8)12(15)16)17-6-7-2-1-3-7/h4-5,7H,1-3,6H2,(H,15,16). The Morgan fingerprint density at radius 2 is 2.12 bits per heavy atom. The third-order valence-corrected chi connectivity index (χ3v) is 2.97. The van der Waals surface area contributed by atoms with Crippen molar-refractivity contribution >= 4 is 5.97 Å². The second-order valence-corrected chi connectivity index (χ2v) is 4.15. The lowest BCUT2D eigenvalue weighted by Gasteiger charge is -2.25. The van der Waals surface area contributed by atoms with Gasteiger partial charge in [0, 0.05) is 0 Å². The monoisotopic (exact) mass is 242 g/mol. The molecule has 0 amide bonds. The van der Waals surface area contributed by atoms with Gasteiger partial charge in [-0.15, -0.1) is 0 Å². The molecule has 1 aromatic carbocycles. The Morgan fingerprint density at radius 1 is 1.41 bits per heavy atom. The van der Waals surface area contributed by atoms with Crippen molar-refractivity contribution in [2.75, 3.05) is 6.61 Å². The Hall–Kier alpha value is -1.65. The van der Waals surface area contributed by atoms with Gasteiger partial charge in [0.15, 0.2) is 11.6 Å². The highest BCUT2D eigenvalue weighted by atomic mass is 19.1. The van der Waals surface area contributed by atoms with Gasteiger partial charge >= 0.3 is 5.97 Å². The molecule has 1 N–H and O–H groups in total. The van der Waals surface area contributed by atoms with Crippen LogP contribution < -0.4 is 4.74 Å². The topological polar surface area (TPSA) is 46.5 Å². The Morgan fingerprint density at radius 3 is 2.65 bits per heavy atom. The minimum Gasteiger partial charge on any atom is -0.490 e. The summed E-state index contributed by atoms with van der Waals surface area (Å²) in [6, 6.07) is 2.03. The van der Waals surface area contributed by atoms with Crippen LogP contribution in [0.25, 0.3) is 0 Å². The lowest BCUT2D eigenvalue weighted by molar-refractivity contribution is 0.0684. The molecule has 0 saturated heterocycles. The largest absolute Gasteiger partial charge is 0.490 e. The van der Waals surface area contributed by atoms with Crippen LogP contribution in [0.3, 0.4) is 0 Å². The van der Waals surface area contributed by atoms with E-state index < -0.39 is 23.2 Å². The highest BCUT2D eigenvalue weighted by Gasteiger charge is 2.23. The van der Waals surface area contributed by atoms with Gasteiger partial charge in [-0.3, -0.25) is 0 Å². The number of carboxylic acid groups (broad SMARTS) is 1. The molecule has 0 bridgehead atoms. The minimum atomic E-state index is -1.63. The molecule has 0 aliphatic heterocycles. The predicted molar refractivity (Wildman–Crippen MR) is 56.2 cm³/mol. The van der Waals surface area contributed by atoms with Crippen molar-refractivity contribution in [2.24, 2.45) is 5.92 Å². The van der Waals surface area contributed by atoms with E-state index in [1.807, 2.05) is 0 Å². The summed E-state index contributed by atoms with van der Waals surface area (Å²) >= 11 is 0. The first kappa shape index (κ1) is 11.8. The fraction of sp³-hybridized carbons (Fsp3) is 0.417. The molecule has 1 aliphatic carbocycles. The fourth-order valence-electron chi connectivity index (χ4n) is 1.71. The maximum atomic E-state index is 13.6. The van der Waals surface area contributed by atoms with E-state index in [0.717, 1.165) is 31.4 Å². The van der Waals surface area contributed by atoms with E-state index in [1.54, 1.807) is 0 Å². The molecule has 5 heteroatoms. The van der Waals surface area contributed by atoms with Crippen molar-refractivity contribution in [2.45, 2.75) is 19.3 Å². The van der Waals surface area contributed by atoms with Crippen molar-refractivity contribution in [1.82, 2.24) is 0 Å². The van der Waals surface area contributed by atoms with Crippen LogP contribution in [0.4, 0.5) is 8.78 Å². The molecule has 2 rings (SSSR count). The Kier molecular flexibility index (Phi) is 3.26. The molecule has 17 heavy (non-hydrogen) atoms. The molecule has 1 saturated carbocycles. The maximum Gasteiger partial charge on any atom is 0.341 e. The molecule has 1 aliphatic rings. The molecule has 92 valence electrons. The third kappa shape index (κ3) is 2.38. The zero-order valence-corrected chi connectivity index (χ0v) is 9.08. The van der Waals surface area contributed by atoms with Crippen LogP contribution in [0.2, 0.25) is 0 Å². The van der Waals surface area contributed by atoms with Crippen molar-refractivity contribution in [3.05, 3.63) is 29.3 Å². The lowest BCUT2D eigenvalue weighted by atomic mass is 9.86. The molecule has 0 spiro atoms. The van der Waals surface area contributed by atoms with Crippen molar-refractivity contribution in [3.8, 4) is 5.75 Å². The highest BCUT2D eigenvalue weighted by molar-refractivity contribution is 5.88. The number of hydrogen-bond acceptors (Lipinski definition) is 2. The lowest BCUT2D eigenvalue weighted by Crippen LogP contribution is -2.20. The van der Waals surface area contributed by atoms with E-state index >= 15 is 0 Å². The van der Waals surface area contributed by atoms with Crippen LogP contribution in [0.1, 0.15) is 29.6 Å². The van der Waals surface area contributed by atoms with Gasteiger partial charge in [0.25, 0.3) is 0 Å². The maximum absolute atomic E-state index is 13.6. The zero-order chi connectivity index (χ0) is 12.4. The van der Waals surface area contributed by atoms with E-state index in [2.05, 4.69) is 0 Å². The van der Waals surface area contributed by atoms with E-state index in [9.17, 15) is 13.6 Å². The van der Waals surface area contributed by atoms with Gasteiger partial charge in [-0.2, -0.15) is 0 Å². The summed E-state index contributed by atoms with van der Waals surface area (Å²) in [6.45, 7) is 0.349. The van der Waals surface area contributed by atoms with Crippen LogP contribution >= 0.6 is 0 Å².